The van der Waals surface area contributed by atoms with E-state index < -0.39 is 12.1 Å². The van der Waals surface area contributed by atoms with E-state index >= 15 is 0 Å². The normalized spacial score (nSPS) is 18.6. The molecule has 0 N–H and O–H groups in total. The van der Waals surface area contributed by atoms with Crippen molar-refractivity contribution in [1.82, 2.24) is 23.9 Å². The number of aryl methyl sites for hydroxylation is 1. The summed E-state index contributed by atoms with van der Waals surface area (Å²) >= 11 is 0. The third kappa shape index (κ3) is 10.2. The van der Waals surface area contributed by atoms with Crippen LogP contribution in [-0.4, -0.2) is 81.3 Å². The largest absolute Gasteiger partial charge is 0.473 e. The molecule has 0 saturated carbocycles. The molecule has 3 aliphatic rings. The number of amides is 2. The van der Waals surface area contributed by atoms with Gasteiger partial charge >= 0.3 is 11.8 Å². The Labute approximate surface area is 402 Å². The van der Waals surface area contributed by atoms with E-state index in [9.17, 15) is 14.4 Å². The van der Waals surface area contributed by atoms with Crippen molar-refractivity contribution in [1.29, 1.82) is 0 Å². The molecule has 7 aromatic rings. The van der Waals surface area contributed by atoms with Crippen LogP contribution in [0.5, 0.6) is 11.8 Å². The zero-order valence-corrected chi connectivity index (χ0v) is 39.0. The molecule has 0 spiro atoms. The maximum atomic E-state index is 14.7. The Kier molecular flexibility index (Phi) is 13.7. The van der Waals surface area contributed by atoms with Crippen molar-refractivity contribution >= 4 is 28.7 Å². The molecule has 5 aromatic carbocycles. The summed E-state index contributed by atoms with van der Waals surface area (Å²) in [5.41, 5.74) is 6.82. The number of imidazole rings is 1. The number of benzene rings is 5. The minimum atomic E-state index is -0.606. The van der Waals surface area contributed by atoms with Crippen molar-refractivity contribution in [2.24, 2.45) is 18.9 Å². The van der Waals surface area contributed by atoms with E-state index in [4.69, 9.17) is 23.9 Å². The monoisotopic (exact) mass is 926 g/mol. The van der Waals surface area contributed by atoms with Crippen molar-refractivity contribution < 1.29 is 28.5 Å². The van der Waals surface area contributed by atoms with Gasteiger partial charge in [-0.3, -0.25) is 18.8 Å². The molecular formula is C56H58N6O7. The lowest BCUT2D eigenvalue weighted by atomic mass is 9.83. The van der Waals surface area contributed by atoms with Crippen molar-refractivity contribution in [3.63, 3.8) is 0 Å². The number of morpholine rings is 1. The lowest BCUT2D eigenvalue weighted by Crippen LogP contribution is -2.53. The van der Waals surface area contributed by atoms with Gasteiger partial charge in [-0.15, -0.1) is 0 Å². The number of anilines is 1. The first kappa shape index (κ1) is 45.4. The highest BCUT2D eigenvalue weighted by molar-refractivity contribution is 5.87. The Morgan fingerprint density at radius 2 is 1.32 bits per heavy atom. The number of rotatable bonds is 14. The number of aromatic nitrogens is 3. The molecule has 69 heavy (non-hydrogen) atoms. The van der Waals surface area contributed by atoms with Gasteiger partial charge in [-0.25, -0.2) is 9.59 Å². The molecule has 2 aromatic heterocycles. The summed E-state index contributed by atoms with van der Waals surface area (Å²) < 4.78 is 27.8. The Balaban J connectivity index is 0.839. The number of hydrogen-bond donors (Lipinski definition) is 0. The predicted molar refractivity (Wildman–Crippen MR) is 264 cm³/mol. The number of likely N-dealkylation sites (tertiary alicyclic amines) is 1. The van der Waals surface area contributed by atoms with Gasteiger partial charge in [-0.2, -0.15) is 4.98 Å². The molecule has 0 aliphatic carbocycles. The van der Waals surface area contributed by atoms with Crippen LogP contribution in [0, 0.1) is 11.8 Å². The van der Waals surface area contributed by atoms with E-state index in [1.54, 1.807) is 27.1 Å². The molecule has 354 valence electrons. The summed E-state index contributed by atoms with van der Waals surface area (Å²) in [6.45, 7) is 4.24. The maximum absolute atomic E-state index is 14.7. The fraction of sp³-hybridized carbons (Fsp3) is 0.321. The van der Waals surface area contributed by atoms with Crippen molar-refractivity contribution in [3.8, 4) is 17.4 Å². The molecule has 5 heterocycles. The van der Waals surface area contributed by atoms with Crippen LogP contribution in [0.1, 0.15) is 54.0 Å². The second kappa shape index (κ2) is 20.9. The Hall–Kier alpha value is -7.38. The van der Waals surface area contributed by atoms with E-state index in [2.05, 4.69) is 17.0 Å². The molecular weight excluding hydrogens is 869 g/mol. The van der Waals surface area contributed by atoms with Crippen LogP contribution in [0.15, 0.2) is 156 Å². The number of nitrogens with zero attached hydrogens (tertiary/aromatic N) is 6. The first-order chi connectivity index (χ1) is 33.9. The molecule has 0 unspecified atom stereocenters. The molecule has 3 fully saturated rings. The number of ether oxygens (including phenoxy) is 4. The molecule has 3 aliphatic heterocycles. The van der Waals surface area contributed by atoms with Gasteiger partial charge in [0, 0.05) is 45.0 Å². The highest BCUT2D eigenvalue weighted by atomic mass is 16.6. The van der Waals surface area contributed by atoms with Gasteiger partial charge in [-0.05, 0) is 84.0 Å². The molecule has 3 saturated heterocycles. The third-order valence-electron chi connectivity index (χ3n) is 13.9. The van der Waals surface area contributed by atoms with E-state index in [1.807, 2.05) is 138 Å². The molecule has 10 rings (SSSR count). The summed E-state index contributed by atoms with van der Waals surface area (Å²) in [6, 6.07) is 48.6. The molecule has 0 radical (unpaired) electrons. The van der Waals surface area contributed by atoms with Crippen molar-refractivity contribution in [3.05, 3.63) is 184 Å². The number of piperidine rings is 1. The van der Waals surface area contributed by atoms with Crippen molar-refractivity contribution in [2.75, 3.05) is 44.2 Å². The van der Waals surface area contributed by atoms with Gasteiger partial charge in [0.1, 0.15) is 37.7 Å². The average Bonchev–Trinajstić information content (AvgIpc) is 3.94. The van der Waals surface area contributed by atoms with Gasteiger partial charge in [0.25, 0.3) is 0 Å². The Bertz CT molecular complexity index is 2900. The Morgan fingerprint density at radius 1 is 0.681 bits per heavy atom. The van der Waals surface area contributed by atoms with Gasteiger partial charge in [0.05, 0.1) is 24.2 Å². The lowest BCUT2D eigenvalue weighted by molar-refractivity contribution is -0.144. The number of carbonyl (C=O) groups is 2. The highest BCUT2D eigenvalue weighted by Gasteiger charge is 2.46. The van der Waals surface area contributed by atoms with Crippen LogP contribution < -0.4 is 20.1 Å². The summed E-state index contributed by atoms with van der Waals surface area (Å²) in [5, 5.41) is 0. The first-order valence-electron chi connectivity index (χ1n) is 24.1. The van der Waals surface area contributed by atoms with Crippen molar-refractivity contribution in [2.45, 2.75) is 57.6 Å². The van der Waals surface area contributed by atoms with E-state index in [1.165, 1.54) is 0 Å². The van der Waals surface area contributed by atoms with Crippen LogP contribution in [-0.2, 0) is 41.1 Å². The van der Waals surface area contributed by atoms with Crippen LogP contribution in [0.4, 0.5) is 10.5 Å². The fourth-order valence-corrected chi connectivity index (χ4v) is 10.2. The minimum absolute atomic E-state index is 0.00234. The van der Waals surface area contributed by atoms with Crippen LogP contribution in [0.25, 0.3) is 16.7 Å². The van der Waals surface area contributed by atoms with Gasteiger partial charge in [0.15, 0.2) is 0 Å². The van der Waals surface area contributed by atoms with Gasteiger partial charge in [-0.1, -0.05) is 121 Å². The highest BCUT2D eigenvalue weighted by Crippen LogP contribution is 2.38. The zero-order chi connectivity index (χ0) is 47.1. The average molecular weight is 927 g/mol. The third-order valence-corrected chi connectivity index (χ3v) is 13.9. The van der Waals surface area contributed by atoms with Crippen LogP contribution in [0.2, 0.25) is 0 Å². The Morgan fingerprint density at radius 3 is 2.00 bits per heavy atom. The number of fused-ring (bicyclic) bond motifs is 1. The van der Waals surface area contributed by atoms with Gasteiger partial charge < -0.3 is 28.7 Å². The maximum Gasteiger partial charge on any atom is 0.410 e. The quantitative estimate of drug-likeness (QED) is 0.105. The number of carbonyl (C=O) groups excluding carboxylic acids is 2. The molecule has 3 atom stereocenters. The van der Waals surface area contributed by atoms with E-state index in [0.29, 0.717) is 56.2 Å². The first-order valence-corrected chi connectivity index (χ1v) is 24.1. The fourth-order valence-electron chi connectivity index (χ4n) is 10.2. The molecule has 2 amide bonds. The molecule has 0 bridgehead atoms. The summed E-state index contributed by atoms with van der Waals surface area (Å²) in [7, 11) is 1.80. The zero-order valence-electron chi connectivity index (χ0n) is 39.0. The van der Waals surface area contributed by atoms with E-state index in [-0.39, 0.29) is 36.8 Å². The van der Waals surface area contributed by atoms with Gasteiger partial charge in [0.2, 0.25) is 17.7 Å². The number of pyridine rings is 1. The SMILES string of the molecule is Cn1c(=O)n(-c2ccc(OCc3ccccc3)nc2OCc2ccccc2)c2ccc(N3CCC(C[C@@H]4CCN(C(=O)OCc5ccccc5)[C@@H]4C(=O)N4CCO[C@H](c5ccccc5)C4)CC3)cc21. The topological polar surface area (TPSA) is 121 Å². The van der Waals surface area contributed by atoms with Crippen LogP contribution >= 0.6 is 0 Å². The smallest absolute Gasteiger partial charge is 0.410 e. The second-order valence-electron chi connectivity index (χ2n) is 18.3. The predicted octanol–water partition coefficient (Wildman–Crippen LogP) is 9.12. The summed E-state index contributed by atoms with van der Waals surface area (Å²) in [6.07, 6.45) is 2.79. The lowest BCUT2D eigenvalue weighted by Gasteiger charge is -2.39. The minimum Gasteiger partial charge on any atom is -0.473 e. The van der Waals surface area contributed by atoms with E-state index in [0.717, 1.165) is 77.7 Å². The number of hydrogen-bond acceptors (Lipinski definition) is 9. The summed E-state index contributed by atoms with van der Waals surface area (Å²) in [4.78, 5) is 53.4. The summed E-state index contributed by atoms with van der Waals surface area (Å²) in [5.74, 6) is 1.04. The standard InChI is InChI=1S/C56H58N6O7/c1-58-49-35-46(22-23-47(49)62(55(58)64)48-24-25-51(67-37-41-14-6-2-7-15-41)57-53(48)68-38-42-16-8-3-9-17-42)59-29-26-40(27-30-59)34-45-28-31-61(56(65)69-39-43-18-10-4-11-19-43)52(45)54(63)60-32-33-66-50(36-60)44-20-12-5-13-21-44/h2-25,35,40,45,50,52H,26-34,36-39H2,1H3/t45-,50-,52-/m0/s1. The molecule has 13 heteroatoms. The molecule has 13 nitrogen and oxygen atoms in total. The second-order valence-corrected chi connectivity index (χ2v) is 18.3. The van der Waals surface area contributed by atoms with Crippen LogP contribution in [0.3, 0.4) is 0 Å².